The van der Waals surface area contributed by atoms with Crippen LogP contribution in [-0.2, 0) is 37.3 Å². The normalized spacial score (nSPS) is 13.7. The third-order valence-corrected chi connectivity index (χ3v) is 16.4. The standard InChI is InChI=1S/C66H75N4O.Pt/c1-42(2)52-25-21-26-53(43(3)4)61(52)44-34-49(69-41-68(57-31-28-45(37-59(57)69)62(5,6)7)48-23-20-22-46(36-48)65(14,15)63(8,9)10)39-51(35-44)71-50-29-30-55-54-24-18-19-27-56(54)70(58(55)40-50)60-38-47(32-33-67-60)66(16,17)64(11,12)13;/h18-38,41-43H,1-17H3;/q-3;. The maximum absolute atomic E-state index is 7.12. The summed E-state index contributed by atoms with van der Waals surface area (Å²) in [5.74, 6) is 2.68. The molecule has 5 nitrogen and oxygen atoms in total. The Balaban J connectivity index is 0.00000693. The zero-order chi connectivity index (χ0) is 51.2. The van der Waals surface area contributed by atoms with Crippen molar-refractivity contribution in [2.24, 2.45) is 10.8 Å². The first-order chi connectivity index (χ1) is 33.3. The monoisotopic (exact) mass is 1130 g/mol. The molecule has 0 amide bonds. The largest absolute Gasteiger partial charge is 0.509 e. The smallest absolute Gasteiger partial charge is 0.135 e. The minimum absolute atomic E-state index is 0. The molecule has 1 aliphatic heterocycles. The first-order valence-corrected chi connectivity index (χ1v) is 25.8. The van der Waals surface area contributed by atoms with Crippen molar-refractivity contribution in [2.75, 3.05) is 9.80 Å². The summed E-state index contributed by atoms with van der Waals surface area (Å²) in [5.41, 5.74) is 14.8. The van der Waals surface area contributed by atoms with Crippen LogP contribution in [0.25, 0.3) is 38.8 Å². The van der Waals surface area contributed by atoms with Crippen LogP contribution < -0.4 is 14.5 Å². The Bertz CT molecular complexity index is 3270. The van der Waals surface area contributed by atoms with Crippen LogP contribution in [0, 0.1) is 29.6 Å². The molecule has 0 atom stereocenters. The summed E-state index contributed by atoms with van der Waals surface area (Å²) in [4.78, 5) is 9.68. The van der Waals surface area contributed by atoms with Crippen LogP contribution in [0.2, 0.25) is 0 Å². The third kappa shape index (κ3) is 9.45. The Morgan fingerprint density at radius 1 is 0.542 bits per heavy atom. The minimum Gasteiger partial charge on any atom is -0.509 e. The van der Waals surface area contributed by atoms with E-state index in [1.165, 1.54) is 33.4 Å². The van der Waals surface area contributed by atoms with Gasteiger partial charge in [0.25, 0.3) is 0 Å². The zero-order valence-electron chi connectivity index (χ0n) is 45.9. The van der Waals surface area contributed by atoms with Gasteiger partial charge in [0.2, 0.25) is 0 Å². The molecule has 0 bridgehead atoms. The predicted molar refractivity (Wildman–Crippen MR) is 302 cm³/mol. The Labute approximate surface area is 446 Å². The number of benzene rings is 6. The summed E-state index contributed by atoms with van der Waals surface area (Å²) in [7, 11) is 0. The molecule has 0 spiro atoms. The molecule has 8 aromatic rings. The number of fused-ring (bicyclic) bond motifs is 4. The molecule has 0 fully saturated rings. The van der Waals surface area contributed by atoms with Gasteiger partial charge in [-0.05, 0) is 120 Å². The van der Waals surface area contributed by atoms with Gasteiger partial charge < -0.3 is 19.1 Å². The average Bonchev–Trinajstić information content (AvgIpc) is 3.86. The predicted octanol–water partition coefficient (Wildman–Crippen LogP) is 18.8. The molecule has 0 saturated carbocycles. The van der Waals surface area contributed by atoms with Gasteiger partial charge >= 0.3 is 0 Å². The molecule has 1 aliphatic rings. The van der Waals surface area contributed by atoms with Crippen molar-refractivity contribution in [2.45, 2.75) is 146 Å². The second-order valence-electron chi connectivity index (χ2n) is 24.8. The summed E-state index contributed by atoms with van der Waals surface area (Å²) in [5, 5.41) is 2.24. The number of rotatable bonds is 10. The fourth-order valence-electron chi connectivity index (χ4n) is 9.90. The molecule has 0 radical (unpaired) electrons. The molecule has 0 unspecified atom stereocenters. The molecule has 6 heteroatoms. The van der Waals surface area contributed by atoms with Crippen LogP contribution in [0.3, 0.4) is 0 Å². The van der Waals surface area contributed by atoms with Crippen LogP contribution in [0.15, 0.2) is 128 Å². The Kier molecular flexibility index (Phi) is 13.9. The molecular weight excluding hydrogens is 1060 g/mol. The molecule has 378 valence electrons. The van der Waals surface area contributed by atoms with E-state index in [9.17, 15) is 0 Å². The second kappa shape index (κ2) is 19.0. The van der Waals surface area contributed by atoms with Crippen LogP contribution in [0.4, 0.5) is 22.7 Å². The number of anilines is 4. The Morgan fingerprint density at radius 3 is 1.82 bits per heavy atom. The molecule has 0 aliphatic carbocycles. The van der Waals surface area contributed by atoms with Crippen molar-refractivity contribution in [3.63, 3.8) is 0 Å². The average molecular weight is 1140 g/mol. The first kappa shape index (κ1) is 52.7. The van der Waals surface area contributed by atoms with Gasteiger partial charge in [0.15, 0.2) is 0 Å². The molecule has 6 aromatic carbocycles. The van der Waals surface area contributed by atoms with Gasteiger partial charge in [-0.15, -0.1) is 53.6 Å². The van der Waals surface area contributed by atoms with E-state index in [0.717, 1.165) is 55.9 Å². The van der Waals surface area contributed by atoms with E-state index in [1.807, 2.05) is 12.3 Å². The van der Waals surface area contributed by atoms with E-state index < -0.39 is 0 Å². The fourth-order valence-corrected chi connectivity index (χ4v) is 9.90. The maximum atomic E-state index is 7.12. The van der Waals surface area contributed by atoms with Crippen molar-refractivity contribution in [3.05, 3.63) is 174 Å². The summed E-state index contributed by atoms with van der Waals surface area (Å²) < 4.78 is 9.37. The Hall–Kier alpha value is -5.64. The molecule has 0 saturated heterocycles. The van der Waals surface area contributed by atoms with E-state index in [2.05, 4.69) is 266 Å². The van der Waals surface area contributed by atoms with Crippen LogP contribution in [0.5, 0.6) is 11.5 Å². The topological polar surface area (TPSA) is 33.5 Å². The summed E-state index contributed by atoms with van der Waals surface area (Å²) in [6.45, 7) is 41.5. The molecule has 0 N–H and O–H groups in total. The SMILES string of the molecule is CC(C)c1cccc(C(C)C)c1-c1cc(Oc2[c-]c3c(cc2)c2ccccc2n3-c2cc(C(C)(C)C(C)(C)C)ccn2)[c-]c(N2[CH-]N(c3cccc(C(C)(C)C(C)(C)C)c3)c3ccc(C(C)(C)C)cc32)c1.[Pt]. The Morgan fingerprint density at radius 2 is 1.18 bits per heavy atom. The molecule has 3 heterocycles. The quantitative estimate of drug-likeness (QED) is 0.128. The van der Waals surface area contributed by atoms with Crippen molar-refractivity contribution in [1.82, 2.24) is 9.55 Å². The van der Waals surface area contributed by atoms with E-state index in [4.69, 9.17) is 9.72 Å². The number of nitrogens with zero attached hydrogens (tertiary/aromatic N) is 4. The van der Waals surface area contributed by atoms with Crippen molar-refractivity contribution < 1.29 is 25.8 Å². The van der Waals surface area contributed by atoms with Crippen molar-refractivity contribution >= 4 is 44.6 Å². The maximum Gasteiger partial charge on any atom is 0.135 e. The second-order valence-corrected chi connectivity index (χ2v) is 24.8. The van der Waals surface area contributed by atoms with Gasteiger partial charge in [-0.1, -0.05) is 178 Å². The summed E-state index contributed by atoms with van der Waals surface area (Å²) in [6.07, 6.45) is 1.95. The molecule has 72 heavy (non-hydrogen) atoms. The van der Waals surface area contributed by atoms with Gasteiger partial charge in [0.1, 0.15) is 5.82 Å². The van der Waals surface area contributed by atoms with Gasteiger partial charge in [-0.2, -0.15) is 6.07 Å². The van der Waals surface area contributed by atoms with Gasteiger partial charge in [-0.3, -0.25) is 0 Å². The van der Waals surface area contributed by atoms with Crippen LogP contribution >= 0.6 is 0 Å². The van der Waals surface area contributed by atoms with Crippen molar-refractivity contribution in [3.8, 4) is 28.4 Å². The van der Waals surface area contributed by atoms with Crippen molar-refractivity contribution in [1.29, 1.82) is 0 Å². The summed E-state index contributed by atoms with van der Waals surface area (Å²) in [6, 6.07) is 52.1. The summed E-state index contributed by atoms with van der Waals surface area (Å²) >= 11 is 0. The molecule has 2 aromatic heterocycles. The number of ether oxygens (including phenoxy) is 1. The minimum atomic E-state index is -0.102. The first-order valence-electron chi connectivity index (χ1n) is 25.8. The van der Waals surface area contributed by atoms with E-state index in [0.29, 0.717) is 23.3 Å². The van der Waals surface area contributed by atoms with Gasteiger partial charge in [0, 0.05) is 61.3 Å². The fraction of sp³-hybridized carbons (Fsp3) is 0.364. The van der Waals surface area contributed by atoms with E-state index in [-0.39, 0.29) is 48.1 Å². The van der Waals surface area contributed by atoms with Gasteiger partial charge in [-0.25, -0.2) is 4.98 Å². The van der Waals surface area contributed by atoms with E-state index >= 15 is 0 Å². The number of aromatic nitrogens is 2. The van der Waals surface area contributed by atoms with E-state index in [1.54, 1.807) is 0 Å². The van der Waals surface area contributed by atoms with Crippen LogP contribution in [0.1, 0.15) is 157 Å². The molecule has 9 rings (SSSR count). The number of pyridine rings is 1. The third-order valence-electron chi connectivity index (χ3n) is 16.4. The number of para-hydroxylation sites is 1. The number of hydrogen-bond donors (Lipinski definition) is 0. The number of hydrogen-bond acceptors (Lipinski definition) is 4. The van der Waals surface area contributed by atoms with Crippen LogP contribution in [-0.4, -0.2) is 9.55 Å². The zero-order valence-corrected chi connectivity index (χ0v) is 48.1. The molecular formula is C66H75N4OPt-3. The van der Waals surface area contributed by atoms with Gasteiger partial charge in [0.05, 0.1) is 0 Å².